The van der Waals surface area contributed by atoms with Crippen LogP contribution in [0.3, 0.4) is 0 Å². The van der Waals surface area contributed by atoms with Gasteiger partial charge < -0.3 is 24.4 Å². The van der Waals surface area contributed by atoms with Crippen LogP contribution in [0.15, 0.2) is 12.1 Å². The molecule has 24 heavy (non-hydrogen) atoms. The fraction of sp³-hybridized carbons (Fsp3) is 0.375. The summed E-state index contributed by atoms with van der Waals surface area (Å²) < 4.78 is 20.3. The Balaban J connectivity index is 2.95. The topological polar surface area (TPSA) is 119 Å². The van der Waals surface area contributed by atoms with Gasteiger partial charge in [-0.05, 0) is 19.1 Å². The zero-order valence-electron chi connectivity index (χ0n) is 13.8. The van der Waals surface area contributed by atoms with Crippen molar-refractivity contribution < 1.29 is 28.5 Å². The van der Waals surface area contributed by atoms with Crippen molar-refractivity contribution in [2.45, 2.75) is 6.92 Å². The molecule has 0 spiro atoms. The van der Waals surface area contributed by atoms with Gasteiger partial charge in [-0.1, -0.05) is 0 Å². The predicted octanol–water partition coefficient (Wildman–Crippen LogP) is 1.62. The molecule has 0 saturated carbocycles. The Morgan fingerprint density at radius 1 is 1.17 bits per heavy atom. The molecule has 128 valence electrons. The number of benzene rings is 1. The minimum atomic E-state index is -1.22. The number of esters is 1. The summed E-state index contributed by atoms with van der Waals surface area (Å²) in [5.74, 6) is -1.83. The first kappa shape index (κ1) is 19.0. The summed E-state index contributed by atoms with van der Waals surface area (Å²) >= 11 is 0. The number of ether oxygens (including phenoxy) is 4. The number of carbonyl (C=O) groups is 2. The number of methoxy groups -OCH3 is 3. The zero-order valence-corrected chi connectivity index (χ0v) is 13.8. The Morgan fingerprint density at radius 2 is 1.71 bits per heavy atom. The lowest BCUT2D eigenvalue weighted by molar-refractivity contribution is -0.122. The molecule has 8 heteroatoms. The molecule has 0 radical (unpaired) electrons. The van der Waals surface area contributed by atoms with E-state index in [1.54, 1.807) is 6.07 Å². The van der Waals surface area contributed by atoms with Gasteiger partial charge in [0.2, 0.25) is 5.75 Å². The molecule has 1 aromatic carbocycles. The molecule has 1 atom stereocenters. The third-order valence-electron chi connectivity index (χ3n) is 3.13. The van der Waals surface area contributed by atoms with Crippen LogP contribution < -0.4 is 14.2 Å². The van der Waals surface area contributed by atoms with E-state index in [1.165, 1.54) is 40.4 Å². The van der Waals surface area contributed by atoms with E-state index in [0.29, 0.717) is 5.75 Å². The van der Waals surface area contributed by atoms with Gasteiger partial charge >= 0.3 is 5.97 Å². The van der Waals surface area contributed by atoms with Crippen LogP contribution in [0, 0.1) is 22.7 Å². The maximum absolute atomic E-state index is 12.1. The molecule has 0 aromatic heterocycles. The summed E-state index contributed by atoms with van der Waals surface area (Å²) in [6.45, 7) is 0.733. The monoisotopic (exact) mass is 334 g/mol. The van der Waals surface area contributed by atoms with Crippen LogP contribution in [0.1, 0.15) is 17.3 Å². The lowest BCUT2D eigenvalue weighted by Gasteiger charge is -2.14. The summed E-state index contributed by atoms with van der Waals surface area (Å²) in [6, 6.07) is 4.47. The second kappa shape index (κ2) is 8.53. The summed E-state index contributed by atoms with van der Waals surface area (Å²) in [6.07, 6.45) is 0. The van der Waals surface area contributed by atoms with Crippen molar-refractivity contribution in [2.24, 2.45) is 5.92 Å². The van der Waals surface area contributed by atoms with Crippen LogP contribution in [0.5, 0.6) is 17.2 Å². The number of nitrogens with one attached hydrogen (secondary N) is 1. The summed E-state index contributed by atoms with van der Waals surface area (Å²) in [5.41, 5.74) is -0.0104. The minimum absolute atomic E-state index is 0.0948. The van der Waals surface area contributed by atoms with E-state index in [2.05, 4.69) is 0 Å². The molecule has 0 fully saturated rings. The number of rotatable bonds is 8. The van der Waals surface area contributed by atoms with Crippen LogP contribution >= 0.6 is 0 Å². The van der Waals surface area contributed by atoms with E-state index < -0.39 is 24.3 Å². The Bertz CT molecular complexity index is 667. The Kier molecular flexibility index (Phi) is 6.74. The lowest BCUT2D eigenvalue weighted by atomic mass is 10.0. The molecule has 0 aliphatic carbocycles. The third-order valence-corrected chi connectivity index (χ3v) is 3.13. The normalized spacial score (nSPS) is 11.0. The fourth-order valence-corrected chi connectivity index (χ4v) is 1.91. The van der Waals surface area contributed by atoms with Gasteiger partial charge in [-0.3, -0.25) is 4.79 Å². The zero-order chi connectivity index (χ0) is 18.3. The lowest BCUT2D eigenvalue weighted by Crippen LogP contribution is -2.25. The average molecular weight is 334 g/mol. The number of ketones is 1. The van der Waals surface area contributed by atoms with Crippen LogP contribution in [-0.4, -0.2) is 45.4 Å². The molecule has 1 aromatic rings. The van der Waals surface area contributed by atoms with Gasteiger partial charge in [0.1, 0.15) is 5.92 Å². The molecule has 0 bridgehead atoms. The molecule has 0 amide bonds. The Hall–Kier alpha value is -3.08. The van der Waals surface area contributed by atoms with Crippen molar-refractivity contribution in [3.8, 4) is 23.3 Å². The fourth-order valence-electron chi connectivity index (χ4n) is 1.91. The van der Waals surface area contributed by atoms with Gasteiger partial charge in [-0.15, -0.1) is 0 Å². The number of hydrogen-bond acceptors (Lipinski definition) is 8. The smallest absolute Gasteiger partial charge is 0.338 e. The second-order valence-electron chi connectivity index (χ2n) is 4.70. The number of carbonyl (C=O) groups excluding carboxylic acids is 2. The number of hydrogen-bond donors (Lipinski definition) is 1. The Morgan fingerprint density at radius 3 is 2.08 bits per heavy atom. The molecular weight excluding hydrogens is 316 g/mol. The van der Waals surface area contributed by atoms with Crippen molar-refractivity contribution in [1.82, 2.24) is 0 Å². The molecule has 0 aliphatic heterocycles. The summed E-state index contributed by atoms with van der Waals surface area (Å²) in [7, 11) is 4.24. The van der Waals surface area contributed by atoms with Crippen LogP contribution in [0.2, 0.25) is 0 Å². The highest BCUT2D eigenvalue weighted by Crippen LogP contribution is 2.38. The number of Topliss-reactive ketones (excluding diaryl/α,β-unsaturated/α-hetero) is 1. The molecule has 0 saturated heterocycles. The van der Waals surface area contributed by atoms with Gasteiger partial charge in [-0.2, -0.15) is 5.26 Å². The first-order valence-electron chi connectivity index (χ1n) is 6.84. The first-order chi connectivity index (χ1) is 11.4. The first-order valence-corrected chi connectivity index (χ1v) is 6.84. The van der Waals surface area contributed by atoms with Crippen LogP contribution in [-0.2, 0) is 9.53 Å². The van der Waals surface area contributed by atoms with E-state index >= 15 is 0 Å². The van der Waals surface area contributed by atoms with E-state index in [-0.39, 0.29) is 22.8 Å². The second-order valence-corrected chi connectivity index (χ2v) is 4.70. The average Bonchev–Trinajstić information content (AvgIpc) is 2.58. The molecule has 1 N–H and O–H groups in total. The van der Waals surface area contributed by atoms with Crippen molar-refractivity contribution >= 4 is 17.5 Å². The van der Waals surface area contributed by atoms with Crippen molar-refractivity contribution in [3.63, 3.8) is 0 Å². The molecule has 8 nitrogen and oxygen atoms in total. The van der Waals surface area contributed by atoms with Gasteiger partial charge in [0, 0.05) is 5.71 Å². The van der Waals surface area contributed by atoms with E-state index in [4.69, 9.17) is 29.6 Å². The largest absolute Gasteiger partial charge is 0.493 e. The molecule has 1 rings (SSSR count). The van der Waals surface area contributed by atoms with Gasteiger partial charge in [0.15, 0.2) is 23.9 Å². The molecule has 1 unspecified atom stereocenters. The van der Waals surface area contributed by atoms with Crippen molar-refractivity contribution in [3.05, 3.63) is 17.7 Å². The van der Waals surface area contributed by atoms with Crippen LogP contribution in [0.25, 0.3) is 0 Å². The summed E-state index contributed by atoms with van der Waals surface area (Å²) in [5, 5.41) is 16.2. The van der Waals surface area contributed by atoms with Crippen molar-refractivity contribution in [1.29, 1.82) is 10.7 Å². The maximum Gasteiger partial charge on any atom is 0.338 e. The SMILES string of the molecule is COc1cc(C(=O)OCC(=O)C(C#N)C(C)=N)cc(OC)c1OC. The standard InChI is InChI=1S/C16H18N2O6/c1-9(18)11(7-17)12(19)8-24-16(20)10-5-13(21-2)15(23-4)14(6-10)22-3/h5-6,11,18H,8H2,1-4H3. The third kappa shape index (κ3) is 4.23. The number of nitrogens with zero attached hydrogens (tertiary/aromatic N) is 1. The van der Waals surface area contributed by atoms with E-state index in [9.17, 15) is 9.59 Å². The highest BCUT2D eigenvalue weighted by Gasteiger charge is 2.23. The number of nitriles is 1. The maximum atomic E-state index is 12.1. The minimum Gasteiger partial charge on any atom is -0.493 e. The van der Waals surface area contributed by atoms with Gasteiger partial charge in [0.25, 0.3) is 0 Å². The highest BCUT2D eigenvalue weighted by molar-refractivity contribution is 6.06. The molecular formula is C16H18N2O6. The predicted molar refractivity (Wildman–Crippen MR) is 83.9 cm³/mol. The van der Waals surface area contributed by atoms with E-state index in [0.717, 1.165) is 0 Å². The molecule has 0 aliphatic rings. The quantitative estimate of drug-likeness (QED) is 0.566. The molecule has 0 heterocycles. The Labute approximate surface area is 139 Å². The van der Waals surface area contributed by atoms with Crippen molar-refractivity contribution in [2.75, 3.05) is 27.9 Å². The van der Waals surface area contributed by atoms with Gasteiger partial charge in [-0.25, -0.2) is 4.79 Å². The highest BCUT2D eigenvalue weighted by atomic mass is 16.5. The van der Waals surface area contributed by atoms with E-state index in [1.807, 2.05) is 0 Å². The van der Waals surface area contributed by atoms with Crippen LogP contribution in [0.4, 0.5) is 0 Å². The summed E-state index contributed by atoms with van der Waals surface area (Å²) in [4.78, 5) is 23.9. The van der Waals surface area contributed by atoms with Gasteiger partial charge in [0.05, 0.1) is 33.0 Å².